The molecule has 3 N–H and O–H groups in total. The van der Waals surface area contributed by atoms with Crippen LogP contribution in [0.1, 0.15) is 12.8 Å². The molecule has 1 amide bonds. The number of nitrogens with zero attached hydrogens (tertiary/aromatic N) is 1. The van der Waals surface area contributed by atoms with Crippen molar-refractivity contribution >= 4 is 5.91 Å². The van der Waals surface area contributed by atoms with Crippen LogP contribution in [0.5, 0.6) is 0 Å². The van der Waals surface area contributed by atoms with E-state index in [-0.39, 0.29) is 12.5 Å². The first kappa shape index (κ1) is 12.4. The zero-order valence-corrected chi connectivity index (χ0v) is 9.53. The van der Waals surface area contributed by atoms with Gasteiger partial charge in [0.25, 0.3) is 0 Å². The summed E-state index contributed by atoms with van der Waals surface area (Å²) in [5.41, 5.74) is 5.40. The molecule has 0 aliphatic carbocycles. The highest BCUT2D eigenvalue weighted by Gasteiger charge is 2.22. The van der Waals surface area contributed by atoms with Gasteiger partial charge in [-0.25, -0.2) is 0 Å². The van der Waals surface area contributed by atoms with Gasteiger partial charge in [0.1, 0.15) is 6.10 Å². The lowest BCUT2D eigenvalue weighted by molar-refractivity contribution is -0.130. The summed E-state index contributed by atoms with van der Waals surface area (Å²) in [5.74, 6) is -0.111. The standard InChI is InChI=1S/C10H21N3O2/c1-13-5-3-4-8(13)7-12-10(14)9(6-11)15-2/h8-9H,3-7,11H2,1-2H3,(H,12,14). The van der Waals surface area contributed by atoms with E-state index in [0.717, 1.165) is 13.0 Å². The normalized spacial score (nSPS) is 24.1. The minimum absolute atomic E-state index is 0.111. The van der Waals surface area contributed by atoms with Gasteiger partial charge in [0.15, 0.2) is 0 Å². The van der Waals surface area contributed by atoms with E-state index in [0.29, 0.717) is 12.6 Å². The van der Waals surface area contributed by atoms with Gasteiger partial charge in [0.2, 0.25) is 5.91 Å². The average molecular weight is 215 g/mol. The topological polar surface area (TPSA) is 67.6 Å². The lowest BCUT2D eigenvalue weighted by Crippen LogP contribution is -2.45. The van der Waals surface area contributed by atoms with E-state index < -0.39 is 6.10 Å². The Hall–Kier alpha value is -0.650. The van der Waals surface area contributed by atoms with Crippen LogP contribution < -0.4 is 11.1 Å². The first-order chi connectivity index (χ1) is 7.19. The largest absolute Gasteiger partial charge is 0.370 e. The maximum atomic E-state index is 11.5. The maximum absolute atomic E-state index is 11.5. The van der Waals surface area contributed by atoms with Crippen molar-refractivity contribution in [2.24, 2.45) is 5.73 Å². The molecule has 1 aliphatic rings. The quantitative estimate of drug-likeness (QED) is 0.628. The third-order valence-electron chi connectivity index (χ3n) is 2.97. The SMILES string of the molecule is COC(CN)C(=O)NCC1CCCN1C. The molecule has 88 valence electrons. The molecule has 1 saturated heterocycles. The number of carbonyl (C=O) groups is 1. The lowest BCUT2D eigenvalue weighted by atomic mass is 10.2. The number of ether oxygens (including phenoxy) is 1. The molecule has 0 aromatic rings. The molecule has 1 heterocycles. The van der Waals surface area contributed by atoms with Crippen molar-refractivity contribution in [1.82, 2.24) is 10.2 Å². The van der Waals surface area contributed by atoms with E-state index >= 15 is 0 Å². The smallest absolute Gasteiger partial charge is 0.250 e. The molecule has 0 radical (unpaired) electrons. The fourth-order valence-corrected chi connectivity index (χ4v) is 1.88. The monoisotopic (exact) mass is 215 g/mol. The number of nitrogens with one attached hydrogen (secondary N) is 1. The van der Waals surface area contributed by atoms with Gasteiger partial charge in [0.05, 0.1) is 0 Å². The number of methoxy groups -OCH3 is 1. The molecule has 5 heteroatoms. The Morgan fingerprint density at radius 1 is 1.73 bits per heavy atom. The zero-order chi connectivity index (χ0) is 11.3. The summed E-state index contributed by atoms with van der Waals surface area (Å²) in [7, 11) is 3.58. The molecule has 0 spiro atoms. The van der Waals surface area contributed by atoms with Gasteiger partial charge in [0, 0.05) is 26.2 Å². The van der Waals surface area contributed by atoms with Gasteiger partial charge in [-0.05, 0) is 26.4 Å². The summed E-state index contributed by atoms with van der Waals surface area (Å²) < 4.78 is 4.95. The maximum Gasteiger partial charge on any atom is 0.250 e. The first-order valence-electron chi connectivity index (χ1n) is 5.39. The lowest BCUT2D eigenvalue weighted by Gasteiger charge is -2.21. The second-order valence-electron chi connectivity index (χ2n) is 3.98. The van der Waals surface area contributed by atoms with Crippen molar-refractivity contribution in [2.45, 2.75) is 25.0 Å². The molecule has 1 fully saturated rings. The fraction of sp³-hybridized carbons (Fsp3) is 0.900. The van der Waals surface area contributed by atoms with Crippen LogP contribution in [0.4, 0.5) is 0 Å². The highest BCUT2D eigenvalue weighted by Crippen LogP contribution is 2.13. The van der Waals surface area contributed by atoms with Crippen LogP contribution in [-0.4, -0.2) is 56.7 Å². The Bertz CT molecular complexity index is 207. The van der Waals surface area contributed by atoms with Crippen molar-refractivity contribution < 1.29 is 9.53 Å². The van der Waals surface area contributed by atoms with E-state index in [1.54, 1.807) is 0 Å². The van der Waals surface area contributed by atoms with Gasteiger partial charge >= 0.3 is 0 Å². The molecule has 1 rings (SSSR count). The predicted octanol–water partition coefficient (Wildman–Crippen LogP) is -0.829. The third-order valence-corrected chi connectivity index (χ3v) is 2.97. The molecule has 0 saturated carbocycles. The fourth-order valence-electron chi connectivity index (χ4n) is 1.88. The second-order valence-corrected chi connectivity index (χ2v) is 3.98. The number of rotatable bonds is 5. The number of likely N-dealkylation sites (N-methyl/N-ethyl adjacent to an activating group) is 1. The summed E-state index contributed by atoms with van der Waals surface area (Å²) in [6.07, 6.45) is 1.84. The van der Waals surface area contributed by atoms with E-state index in [2.05, 4.69) is 17.3 Å². The van der Waals surface area contributed by atoms with Crippen molar-refractivity contribution in [2.75, 3.05) is 33.8 Å². The van der Waals surface area contributed by atoms with Gasteiger partial charge in [-0.2, -0.15) is 0 Å². The number of hydrogen-bond donors (Lipinski definition) is 2. The summed E-state index contributed by atoms with van der Waals surface area (Å²) in [4.78, 5) is 13.8. The highest BCUT2D eigenvalue weighted by molar-refractivity contribution is 5.81. The van der Waals surface area contributed by atoms with Crippen LogP contribution in [0.15, 0.2) is 0 Å². The number of carbonyl (C=O) groups excluding carboxylic acids is 1. The van der Waals surface area contributed by atoms with Crippen LogP contribution in [0.3, 0.4) is 0 Å². The van der Waals surface area contributed by atoms with Crippen molar-refractivity contribution in [1.29, 1.82) is 0 Å². The van der Waals surface area contributed by atoms with E-state index in [1.807, 2.05) is 0 Å². The molecule has 1 aliphatic heterocycles. The summed E-state index contributed by atoms with van der Waals surface area (Å²) >= 11 is 0. The Balaban J connectivity index is 2.26. The molecule has 2 atom stereocenters. The predicted molar refractivity (Wildman–Crippen MR) is 58.5 cm³/mol. The Kier molecular flexibility index (Phi) is 5.01. The molecule has 5 nitrogen and oxygen atoms in total. The van der Waals surface area contributed by atoms with Gasteiger partial charge in [-0.1, -0.05) is 0 Å². The summed E-state index contributed by atoms with van der Waals surface area (Å²) in [6.45, 7) is 2.03. The zero-order valence-electron chi connectivity index (χ0n) is 9.53. The molecule has 0 aromatic heterocycles. The minimum atomic E-state index is -0.517. The summed E-state index contributed by atoms with van der Waals surface area (Å²) in [5, 5.41) is 2.87. The minimum Gasteiger partial charge on any atom is -0.370 e. The van der Waals surface area contributed by atoms with Crippen molar-refractivity contribution in [3.63, 3.8) is 0 Å². The van der Waals surface area contributed by atoms with Crippen LogP contribution in [0.25, 0.3) is 0 Å². The Morgan fingerprint density at radius 2 is 2.47 bits per heavy atom. The first-order valence-corrected chi connectivity index (χ1v) is 5.39. The molecule has 2 unspecified atom stereocenters. The number of nitrogens with two attached hydrogens (primary N) is 1. The Labute approximate surface area is 90.9 Å². The van der Waals surface area contributed by atoms with Crippen molar-refractivity contribution in [3.8, 4) is 0 Å². The van der Waals surface area contributed by atoms with Gasteiger partial charge in [-0.3, -0.25) is 4.79 Å². The molecule has 0 aromatic carbocycles. The second kappa shape index (κ2) is 6.05. The van der Waals surface area contributed by atoms with Crippen LogP contribution in [0.2, 0.25) is 0 Å². The third kappa shape index (κ3) is 3.44. The number of amides is 1. The Morgan fingerprint density at radius 3 is 2.93 bits per heavy atom. The molecular weight excluding hydrogens is 194 g/mol. The molecular formula is C10H21N3O2. The highest BCUT2D eigenvalue weighted by atomic mass is 16.5. The van der Waals surface area contributed by atoms with Crippen LogP contribution >= 0.6 is 0 Å². The number of hydrogen-bond acceptors (Lipinski definition) is 4. The number of likely N-dealkylation sites (tertiary alicyclic amines) is 1. The van der Waals surface area contributed by atoms with Gasteiger partial charge < -0.3 is 20.7 Å². The summed E-state index contributed by atoms with van der Waals surface area (Å²) in [6, 6.07) is 0.462. The van der Waals surface area contributed by atoms with Gasteiger partial charge in [-0.15, -0.1) is 0 Å². The van der Waals surface area contributed by atoms with Crippen molar-refractivity contribution in [3.05, 3.63) is 0 Å². The van der Waals surface area contributed by atoms with E-state index in [4.69, 9.17) is 10.5 Å². The van der Waals surface area contributed by atoms with E-state index in [1.165, 1.54) is 13.5 Å². The molecule has 15 heavy (non-hydrogen) atoms. The molecule has 0 bridgehead atoms. The van der Waals surface area contributed by atoms with E-state index in [9.17, 15) is 4.79 Å². The average Bonchev–Trinajstić information content (AvgIpc) is 2.63. The van der Waals surface area contributed by atoms with Crippen LogP contribution in [0, 0.1) is 0 Å². The van der Waals surface area contributed by atoms with Crippen LogP contribution in [-0.2, 0) is 9.53 Å².